The molecule has 0 aromatic carbocycles. The number of carbonyl (C=O) groups is 1. The number of hydrogen-bond donors (Lipinski definition) is 3. The topological polar surface area (TPSA) is 104 Å². The lowest BCUT2D eigenvalue weighted by molar-refractivity contribution is -0.122. The Morgan fingerprint density at radius 2 is 1.09 bits per heavy atom. The van der Waals surface area contributed by atoms with Crippen LogP contribution in [0, 0.1) is 0 Å². The molecule has 0 aliphatic rings. The van der Waals surface area contributed by atoms with E-state index in [9.17, 15) is 22.9 Å². The van der Waals surface area contributed by atoms with Gasteiger partial charge >= 0.3 is 0 Å². The van der Waals surface area contributed by atoms with Gasteiger partial charge < -0.3 is 10.4 Å². The van der Waals surface area contributed by atoms with Crippen molar-refractivity contribution in [3.63, 3.8) is 0 Å². The van der Waals surface area contributed by atoms with Gasteiger partial charge in [0.25, 0.3) is 10.1 Å². The van der Waals surface area contributed by atoms with Gasteiger partial charge in [-0.25, -0.2) is 0 Å². The van der Waals surface area contributed by atoms with Crippen molar-refractivity contribution in [2.24, 2.45) is 0 Å². The molecule has 0 heterocycles. The van der Waals surface area contributed by atoms with Crippen LogP contribution in [0.3, 0.4) is 0 Å². The first-order chi connectivity index (χ1) is 21.3. The van der Waals surface area contributed by atoms with Gasteiger partial charge in [-0.05, 0) is 70.6 Å². The van der Waals surface area contributed by atoms with Crippen LogP contribution in [0.5, 0.6) is 0 Å². The highest BCUT2D eigenvalue weighted by Gasteiger charge is 2.24. The highest BCUT2D eigenvalue weighted by Crippen LogP contribution is 2.10. The van der Waals surface area contributed by atoms with Crippen LogP contribution in [0.2, 0.25) is 0 Å². The van der Waals surface area contributed by atoms with Crippen LogP contribution in [0.4, 0.5) is 0 Å². The van der Waals surface area contributed by atoms with E-state index in [0.717, 1.165) is 70.6 Å². The smallest absolute Gasteiger partial charge is 0.267 e. The summed E-state index contributed by atoms with van der Waals surface area (Å²) >= 11 is 0. The first kappa shape index (κ1) is 42.0. The summed E-state index contributed by atoms with van der Waals surface area (Å²) in [6.07, 6.45) is 42.0. The normalized spacial score (nSPS) is 14.2. The summed E-state index contributed by atoms with van der Waals surface area (Å²) in [7, 11) is -4.36. The second-order valence-electron chi connectivity index (χ2n) is 11.8. The molecule has 0 radical (unpaired) electrons. The van der Waals surface area contributed by atoms with E-state index >= 15 is 0 Å². The summed E-state index contributed by atoms with van der Waals surface area (Å²) in [4.78, 5) is 12.4. The Balaban J connectivity index is 4.15. The molecule has 0 rings (SSSR count). The summed E-state index contributed by atoms with van der Waals surface area (Å²) in [6, 6.07) is -1.09. The summed E-state index contributed by atoms with van der Waals surface area (Å²) in [5.41, 5.74) is 0. The van der Waals surface area contributed by atoms with E-state index < -0.39 is 28.0 Å². The molecular formula is C37H65NO5S. The number of carbonyl (C=O) groups excluding carboxylic acids is 1. The number of unbranched alkanes of at least 4 members (excludes halogenated alkanes) is 14. The van der Waals surface area contributed by atoms with Gasteiger partial charge in [0.2, 0.25) is 5.91 Å². The van der Waals surface area contributed by atoms with Gasteiger partial charge in [-0.1, -0.05) is 132 Å². The number of aliphatic hydroxyl groups excluding tert-OH is 1. The van der Waals surface area contributed by atoms with Crippen molar-refractivity contribution in [2.45, 2.75) is 161 Å². The molecule has 0 bridgehead atoms. The number of aliphatic hydroxyl groups is 1. The average molecular weight is 636 g/mol. The van der Waals surface area contributed by atoms with E-state index in [2.05, 4.69) is 67.8 Å². The molecule has 0 aliphatic heterocycles. The lowest BCUT2D eigenvalue weighted by Crippen LogP contribution is -2.46. The fourth-order valence-corrected chi connectivity index (χ4v) is 5.49. The largest absolute Gasteiger partial charge is 0.387 e. The second-order valence-corrected chi connectivity index (χ2v) is 13.3. The molecule has 0 aromatic rings. The van der Waals surface area contributed by atoms with E-state index in [0.29, 0.717) is 12.8 Å². The van der Waals surface area contributed by atoms with Gasteiger partial charge in [-0.3, -0.25) is 9.35 Å². The Hall–Kier alpha value is -1.96. The maximum Gasteiger partial charge on any atom is 0.267 e. The molecule has 0 saturated heterocycles. The van der Waals surface area contributed by atoms with Crippen molar-refractivity contribution in [3.8, 4) is 0 Å². The van der Waals surface area contributed by atoms with Gasteiger partial charge in [0.1, 0.15) is 0 Å². The van der Waals surface area contributed by atoms with E-state index in [1.54, 1.807) is 6.08 Å². The van der Waals surface area contributed by atoms with Crippen molar-refractivity contribution < 1.29 is 22.9 Å². The third-order valence-electron chi connectivity index (χ3n) is 7.38. The molecule has 44 heavy (non-hydrogen) atoms. The molecule has 3 N–H and O–H groups in total. The quantitative estimate of drug-likeness (QED) is 0.0414. The third-order valence-corrected chi connectivity index (χ3v) is 8.16. The van der Waals surface area contributed by atoms with Crippen LogP contribution in [-0.2, 0) is 14.9 Å². The molecule has 0 aromatic heterocycles. The first-order valence-electron chi connectivity index (χ1n) is 17.5. The fourth-order valence-electron chi connectivity index (χ4n) is 4.75. The summed E-state index contributed by atoms with van der Waals surface area (Å²) < 4.78 is 32.3. The zero-order valence-corrected chi connectivity index (χ0v) is 28.8. The van der Waals surface area contributed by atoms with Gasteiger partial charge in [-0.15, -0.1) is 0 Å². The Morgan fingerprint density at radius 3 is 1.66 bits per heavy atom. The zero-order chi connectivity index (χ0) is 32.6. The van der Waals surface area contributed by atoms with Crippen molar-refractivity contribution in [2.75, 3.05) is 5.75 Å². The second kappa shape index (κ2) is 31.0. The number of hydrogen-bond acceptors (Lipinski definition) is 4. The average Bonchev–Trinajstić information content (AvgIpc) is 2.98. The zero-order valence-electron chi connectivity index (χ0n) is 28.0. The highest BCUT2D eigenvalue weighted by molar-refractivity contribution is 7.85. The molecule has 0 saturated carbocycles. The van der Waals surface area contributed by atoms with Crippen LogP contribution in [0.1, 0.15) is 149 Å². The number of nitrogens with one attached hydrogen (secondary N) is 1. The molecule has 0 spiro atoms. The van der Waals surface area contributed by atoms with E-state index in [4.69, 9.17) is 0 Å². The van der Waals surface area contributed by atoms with Gasteiger partial charge in [0, 0.05) is 6.42 Å². The van der Waals surface area contributed by atoms with Crippen molar-refractivity contribution in [3.05, 3.63) is 60.8 Å². The third kappa shape index (κ3) is 31.5. The van der Waals surface area contributed by atoms with Crippen LogP contribution < -0.4 is 5.32 Å². The monoisotopic (exact) mass is 635 g/mol. The summed E-state index contributed by atoms with van der Waals surface area (Å²) in [5.74, 6) is -1.03. The lowest BCUT2D eigenvalue weighted by Gasteiger charge is -2.21. The SMILES string of the molecule is CCC/C=C\C/C=C\CCCCCCCC(=O)NC(CS(=O)(=O)O)C(O)/C=C/CC/C=C/CC/C=C/CCCCCCCC. The summed E-state index contributed by atoms with van der Waals surface area (Å²) in [6.45, 7) is 4.42. The predicted molar refractivity (Wildman–Crippen MR) is 188 cm³/mol. The minimum atomic E-state index is -4.36. The van der Waals surface area contributed by atoms with E-state index in [-0.39, 0.29) is 12.3 Å². The number of allylic oxidation sites excluding steroid dienone is 9. The maximum atomic E-state index is 12.4. The van der Waals surface area contributed by atoms with Gasteiger partial charge in [0.15, 0.2) is 0 Å². The minimum Gasteiger partial charge on any atom is -0.387 e. The summed E-state index contributed by atoms with van der Waals surface area (Å²) in [5, 5.41) is 13.1. The maximum absolute atomic E-state index is 12.4. The van der Waals surface area contributed by atoms with Crippen LogP contribution >= 0.6 is 0 Å². The van der Waals surface area contributed by atoms with Crippen molar-refractivity contribution in [1.29, 1.82) is 0 Å². The Morgan fingerprint density at radius 1 is 0.614 bits per heavy atom. The molecule has 0 fully saturated rings. The van der Waals surface area contributed by atoms with Crippen LogP contribution in [-0.4, -0.2) is 41.9 Å². The number of amides is 1. The molecule has 0 aliphatic carbocycles. The number of rotatable bonds is 30. The Bertz CT molecular complexity index is 920. The van der Waals surface area contributed by atoms with Crippen LogP contribution in [0.25, 0.3) is 0 Å². The Labute approximate surface area is 271 Å². The highest BCUT2D eigenvalue weighted by atomic mass is 32.2. The van der Waals surface area contributed by atoms with Gasteiger partial charge in [0.05, 0.1) is 17.9 Å². The molecule has 7 heteroatoms. The standard InChI is InChI=1S/C37H65NO5S/c1-3-5-7-9-11-13-15-17-18-19-21-22-24-26-28-30-32-36(39)35(34-44(41,42)43)38-37(40)33-31-29-27-25-23-20-16-14-12-10-8-6-4-2/h8,10,14,16-18,22,24,30,32,35-36,39H,3-7,9,11-13,15,19-21,23,25-29,31,33-34H2,1-2H3,(H,38,40)(H,41,42,43)/b10-8-,16-14-,18-17+,24-22+,32-30+. The molecule has 6 nitrogen and oxygen atoms in total. The fraction of sp³-hybridized carbons (Fsp3) is 0.703. The van der Waals surface area contributed by atoms with E-state index in [1.165, 1.54) is 51.0 Å². The lowest BCUT2D eigenvalue weighted by atomic mass is 10.1. The predicted octanol–water partition coefficient (Wildman–Crippen LogP) is 9.73. The Kier molecular flexibility index (Phi) is 29.7. The minimum absolute atomic E-state index is 0.265. The molecule has 2 unspecified atom stereocenters. The van der Waals surface area contributed by atoms with Crippen molar-refractivity contribution >= 4 is 16.0 Å². The molecule has 1 amide bonds. The molecule has 2 atom stereocenters. The van der Waals surface area contributed by atoms with Gasteiger partial charge in [-0.2, -0.15) is 8.42 Å². The first-order valence-corrected chi connectivity index (χ1v) is 19.1. The van der Waals surface area contributed by atoms with Crippen molar-refractivity contribution in [1.82, 2.24) is 5.32 Å². The molecular weight excluding hydrogens is 570 g/mol. The van der Waals surface area contributed by atoms with Crippen LogP contribution in [0.15, 0.2) is 60.8 Å². The van der Waals surface area contributed by atoms with E-state index in [1.807, 2.05) is 0 Å². The molecule has 254 valence electrons.